The quantitative estimate of drug-likeness (QED) is 0.613. The third-order valence-corrected chi connectivity index (χ3v) is 2.49. The van der Waals surface area contributed by atoms with Gasteiger partial charge < -0.3 is 0 Å². The van der Waals surface area contributed by atoms with Crippen LogP contribution in [-0.2, 0) is 5.92 Å². The highest BCUT2D eigenvalue weighted by Crippen LogP contribution is 2.35. The lowest BCUT2D eigenvalue weighted by atomic mass is 10.1. The number of hydrogen-bond donors (Lipinski definition) is 0. The monoisotopic (exact) mass is 274 g/mol. The Labute approximate surface area is 106 Å². The Hall–Kier alpha value is -1.26. The van der Waals surface area contributed by atoms with Crippen molar-refractivity contribution in [3.8, 4) is 0 Å². The van der Waals surface area contributed by atoms with Crippen LogP contribution in [0.15, 0.2) is 36.4 Å². The minimum Gasteiger partial charge on any atom is -0.216 e. The Bertz CT molecular complexity index is 512. The molecule has 0 saturated heterocycles. The van der Waals surface area contributed by atoms with Gasteiger partial charge in [0.05, 0.1) is 0 Å². The molecule has 88 valence electrons. The van der Waals surface area contributed by atoms with Gasteiger partial charge in [0.1, 0.15) is 10.8 Å². The van der Waals surface area contributed by atoms with Crippen LogP contribution in [0, 0.1) is 0 Å². The molecule has 2 aromatic rings. The van der Waals surface area contributed by atoms with Crippen LogP contribution in [0.5, 0.6) is 0 Å². The summed E-state index contributed by atoms with van der Waals surface area (Å²) in [6, 6.07) is 8.31. The van der Waals surface area contributed by atoms with Gasteiger partial charge in [-0.1, -0.05) is 41.9 Å². The van der Waals surface area contributed by atoms with Gasteiger partial charge >= 0.3 is 5.92 Å². The summed E-state index contributed by atoms with van der Waals surface area (Å²) in [6.07, 6.45) is 0. The van der Waals surface area contributed by atoms with Crippen LogP contribution >= 0.6 is 23.2 Å². The van der Waals surface area contributed by atoms with Gasteiger partial charge in [-0.15, -0.1) is 0 Å². The molecule has 0 atom stereocenters. The summed E-state index contributed by atoms with van der Waals surface area (Å²) in [7, 11) is 0. The van der Waals surface area contributed by atoms with Crippen molar-refractivity contribution in [3.63, 3.8) is 0 Å². The third kappa shape index (κ3) is 2.53. The van der Waals surface area contributed by atoms with Crippen LogP contribution in [0.1, 0.15) is 11.3 Å². The molecule has 0 aliphatic carbocycles. The zero-order valence-electron chi connectivity index (χ0n) is 8.37. The summed E-state index contributed by atoms with van der Waals surface area (Å²) in [5.41, 5.74) is -0.695. The van der Waals surface area contributed by atoms with Crippen molar-refractivity contribution >= 4 is 23.2 Å². The van der Waals surface area contributed by atoms with Gasteiger partial charge in [-0.3, -0.25) is 0 Å². The first-order valence-electron chi connectivity index (χ1n) is 4.64. The Morgan fingerprint density at radius 1 is 1.00 bits per heavy atom. The van der Waals surface area contributed by atoms with Crippen LogP contribution in [0.3, 0.4) is 0 Å². The Morgan fingerprint density at radius 2 is 1.65 bits per heavy atom. The fourth-order valence-corrected chi connectivity index (χ4v) is 1.75. The van der Waals surface area contributed by atoms with Crippen molar-refractivity contribution in [1.29, 1.82) is 0 Å². The first-order valence-corrected chi connectivity index (χ1v) is 5.39. The zero-order chi connectivity index (χ0) is 12.5. The average molecular weight is 275 g/mol. The van der Waals surface area contributed by atoms with Crippen LogP contribution in [0.2, 0.25) is 10.4 Å². The first kappa shape index (κ1) is 12.2. The van der Waals surface area contributed by atoms with Gasteiger partial charge in [0.2, 0.25) is 5.28 Å². The Kier molecular flexibility index (Phi) is 3.26. The molecule has 0 saturated carbocycles. The van der Waals surface area contributed by atoms with Crippen molar-refractivity contribution in [2.45, 2.75) is 5.92 Å². The number of halogens is 4. The van der Waals surface area contributed by atoms with Gasteiger partial charge in [-0.2, -0.15) is 8.78 Å². The molecule has 0 radical (unpaired) electrons. The number of hydrogen-bond acceptors (Lipinski definition) is 2. The molecule has 0 aliphatic rings. The maximum absolute atomic E-state index is 14.0. The van der Waals surface area contributed by atoms with Crippen LogP contribution in [0.25, 0.3) is 0 Å². The van der Waals surface area contributed by atoms with E-state index >= 15 is 0 Å². The van der Waals surface area contributed by atoms with E-state index in [1.165, 1.54) is 24.3 Å². The predicted molar refractivity (Wildman–Crippen MR) is 61.5 cm³/mol. The number of alkyl halides is 2. The summed E-state index contributed by atoms with van der Waals surface area (Å²) in [5, 5.41) is -0.418. The van der Waals surface area contributed by atoms with E-state index in [-0.39, 0.29) is 16.0 Å². The second kappa shape index (κ2) is 4.55. The van der Waals surface area contributed by atoms with Gasteiger partial charge in [-0.25, -0.2) is 9.97 Å². The lowest BCUT2D eigenvalue weighted by molar-refractivity contribution is 0.0379. The standard InChI is InChI=1S/C11H6Cl2F2N2/c12-9-6-8(16-10(13)17-9)11(14,15)7-4-2-1-3-5-7/h1-6H. The van der Waals surface area contributed by atoms with Crippen LogP contribution < -0.4 is 0 Å². The molecule has 17 heavy (non-hydrogen) atoms. The highest BCUT2D eigenvalue weighted by Gasteiger charge is 2.36. The third-order valence-electron chi connectivity index (χ3n) is 2.13. The maximum Gasteiger partial charge on any atom is 0.315 e. The molecule has 2 nitrogen and oxygen atoms in total. The largest absolute Gasteiger partial charge is 0.315 e. The van der Waals surface area contributed by atoms with Crippen molar-refractivity contribution in [1.82, 2.24) is 9.97 Å². The van der Waals surface area contributed by atoms with E-state index in [2.05, 4.69) is 9.97 Å². The molecular weight excluding hydrogens is 269 g/mol. The molecule has 2 rings (SSSR count). The van der Waals surface area contributed by atoms with E-state index in [9.17, 15) is 8.78 Å². The van der Waals surface area contributed by atoms with Crippen LogP contribution in [0.4, 0.5) is 8.78 Å². The van der Waals surface area contributed by atoms with Gasteiger partial charge in [-0.05, 0) is 11.6 Å². The average Bonchev–Trinajstić information content (AvgIpc) is 2.29. The topological polar surface area (TPSA) is 25.8 Å². The van der Waals surface area contributed by atoms with Gasteiger partial charge in [0.15, 0.2) is 0 Å². The number of benzene rings is 1. The fraction of sp³-hybridized carbons (Fsp3) is 0.0909. The highest BCUT2D eigenvalue weighted by molar-refractivity contribution is 6.31. The molecule has 0 unspecified atom stereocenters. The van der Waals surface area contributed by atoms with Crippen molar-refractivity contribution in [3.05, 3.63) is 58.1 Å². The summed E-state index contributed by atoms with van der Waals surface area (Å²) < 4.78 is 28.1. The van der Waals surface area contributed by atoms with E-state index in [0.717, 1.165) is 6.07 Å². The normalized spacial score (nSPS) is 11.5. The highest BCUT2D eigenvalue weighted by atomic mass is 35.5. The van der Waals surface area contributed by atoms with Crippen molar-refractivity contribution < 1.29 is 8.78 Å². The molecule has 0 spiro atoms. The summed E-state index contributed by atoms with van der Waals surface area (Å²) in [5.74, 6) is -3.25. The van der Waals surface area contributed by atoms with E-state index in [0.29, 0.717) is 0 Å². The van der Waals surface area contributed by atoms with Gasteiger partial charge in [0.25, 0.3) is 0 Å². The molecule has 1 aromatic carbocycles. The van der Waals surface area contributed by atoms with Crippen LogP contribution in [-0.4, -0.2) is 9.97 Å². The molecule has 0 amide bonds. The molecule has 0 bridgehead atoms. The lowest BCUT2D eigenvalue weighted by Gasteiger charge is -2.16. The predicted octanol–water partition coefficient (Wildman–Crippen LogP) is 3.92. The number of aromatic nitrogens is 2. The second-order valence-corrected chi connectivity index (χ2v) is 4.01. The minimum absolute atomic E-state index is 0.115. The fourth-order valence-electron chi connectivity index (χ4n) is 1.35. The van der Waals surface area contributed by atoms with Crippen molar-refractivity contribution in [2.24, 2.45) is 0 Å². The van der Waals surface area contributed by atoms with E-state index in [4.69, 9.17) is 23.2 Å². The van der Waals surface area contributed by atoms with E-state index in [1.54, 1.807) is 6.07 Å². The smallest absolute Gasteiger partial charge is 0.216 e. The molecule has 6 heteroatoms. The SMILES string of the molecule is FC(F)(c1ccccc1)c1cc(Cl)nc(Cl)n1. The van der Waals surface area contributed by atoms with Crippen molar-refractivity contribution in [2.75, 3.05) is 0 Å². The Morgan fingerprint density at radius 3 is 2.24 bits per heavy atom. The zero-order valence-corrected chi connectivity index (χ0v) is 9.88. The molecule has 0 fully saturated rings. The molecule has 0 N–H and O–H groups in total. The molecule has 1 heterocycles. The van der Waals surface area contributed by atoms with E-state index < -0.39 is 11.6 Å². The summed E-state index contributed by atoms with van der Waals surface area (Å²) >= 11 is 11.1. The first-order chi connectivity index (χ1) is 8.00. The van der Waals surface area contributed by atoms with E-state index in [1.807, 2.05) is 0 Å². The molecule has 1 aromatic heterocycles. The van der Waals surface area contributed by atoms with Gasteiger partial charge in [0, 0.05) is 11.6 Å². The number of nitrogens with zero attached hydrogens (tertiary/aromatic N) is 2. The maximum atomic E-state index is 14.0. The summed E-state index contributed by atoms with van der Waals surface area (Å²) in [6.45, 7) is 0. The molecule has 0 aliphatic heterocycles. The Balaban J connectivity index is 2.51. The second-order valence-electron chi connectivity index (χ2n) is 3.29. The number of rotatable bonds is 2. The minimum atomic E-state index is -3.25. The summed E-state index contributed by atoms with van der Waals surface area (Å²) in [4.78, 5) is 7.03. The lowest BCUT2D eigenvalue weighted by Crippen LogP contribution is -2.17. The molecular formula is C11H6Cl2F2N2.